The number of nitrogens with two attached hydrogens (primary N) is 1. The third kappa shape index (κ3) is 3.06. The van der Waals surface area contributed by atoms with Crippen LogP contribution < -0.4 is 5.73 Å². The molecule has 16 heavy (non-hydrogen) atoms. The summed E-state index contributed by atoms with van der Waals surface area (Å²) in [5, 5.41) is 4.17. The summed E-state index contributed by atoms with van der Waals surface area (Å²) in [7, 11) is 0. The molecule has 3 nitrogen and oxygen atoms in total. The van der Waals surface area contributed by atoms with Gasteiger partial charge in [-0.15, -0.1) is 0 Å². The highest BCUT2D eigenvalue weighted by Gasteiger charge is 2.19. The molecule has 1 saturated heterocycles. The van der Waals surface area contributed by atoms with Gasteiger partial charge < -0.3 is 10.6 Å². The summed E-state index contributed by atoms with van der Waals surface area (Å²) in [4.78, 5) is 13.8. The molecule has 2 N–H and O–H groups in total. The van der Waals surface area contributed by atoms with Gasteiger partial charge in [-0.2, -0.15) is 11.3 Å². The maximum absolute atomic E-state index is 11.9. The summed E-state index contributed by atoms with van der Waals surface area (Å²) in [6.45, 7) is 1.67. The first kappa shape index (κ1) is 11.6. The first-order valence-electron chi connectivity index (χ1n) is 5.80. The standard InChI is InChI=1S/C12H18N2OS/c13-11-3-6-14(7-4-11)12(15)2-1-10-5-8-16-9-10/h5,8-9,11H,1-4,6-7,13H2. The van der Waals surface area contributed by atoms with Crippen molar-refractivity contribution in [3.8, 4) is 0 Å². The van der Waals surface area contributed by atoms with Crippen molar-refractivity contribution in [3.05, 3.63) is 22.4 Å². The lowest BCUT2D eigenvalue weighted by atomic mass is 10.1. The van der Waals surface area contributed by atoms with E-state index in [-0.39, 0.29) is 5.91 Å². The largest absolute Gasteiger partial charge is 0.343 e. The van der Waals surface area contributed by atoms with Gasteiger partial charge in [0.2, 0.25) is 5.91 Å². The average Bonchev–Trinajstić information content (AvgIpc) is 2.80. The summed E-state index contributed by atoms with van der Waals surface area (Å²) in [5.74, 6) is 0.276. The van der Waals surface area contributed by atoms with E-state index in [0.29, 0.717) is 12.5 Å². The van der Waals surface area contributed by atoms with Gasteiger partial charge in [0.15, 0.2) is 0 Å². The van der Waals surface area contributed by atoms with Crippen molar-refractivity contribution < 1.29 is 4.79 Å². The molecule has 0 aromatic carbocycles. The van der Waals surface area contributed by atoms with Crippen LogP contribution in [0.15, 0.2) is 16.8 Å². The summed E-state index contributed by atoms with van der Waals surface area (Å²) >= 11 is 1.69. The Hall–Kier alpha value is -0.870. The van der Waals surface area contributed by atoms with Crippen molar-refractivity contribution in [3.63, 3.8) is 0 Å². The minimum Gasteiger partial charge on any atom is -0.343 e. The summed E-state index contributed by atoms with van der Waals surface area (Å²) < 4.78 is 0. The molecule has 2 heterocycles. The van der Waals surface area contributed by atoms with Crippen LogP contribution in [0, 0.1) is 0 Å². The van der Waals surface area contributed by atoms with Gasteiger partial charge in [-0.3, -0.25) is 4.79 Å². The molecular weight excluding hydrogens is 220 g/mol. The molecule has 0 unspecified atom stereocenters. The Kier molecular flexibility index (Phi) is 3.96. The predicted molar refractivity (Wildman–Crippen MR) is 66.4 cm³/mol. The number of thiophene rings is 1. The van der Waals surface area contributed by atoms with Crippen LogP contribution in [0.1, 0.15) is 24.8 Å². The normalized spacial score (nSPS) is 17.7. The van der Waals surface area contributed by atoms with Crippen molar-refractivity contribution in [1.29, 1.82) is 0 Å². The number of amides is 1. The predicted octanol–water partition coefficient (Wildman–Crippen LogP) is 1.63. The van der Waals surface area contributed by atoms with Crippen LogP contribution in [0.4, 0.5) is 0 Å². The molecular formula is C12H18N2OS. The van der Waals surface area contributed by atoms with E-state index in [1.807, 2.05) is 4.90 Å². The van der Waals surface area contributed by atoms with E-state index >= 15 is 0 Å². The number of nitrogens with zero attached hydrogens (tertiary/aromatic N) is 1. The van der Waals surface area contributed by atoms with E-state index in [4.69, 9.17) is 5.73 Å². The second-order valence-electron chi connectivity index (χ2n) is 4.35. The number of hydrogen-bond acceptors (Lipinski definition) is 3. The zero-order valence-electron chi connectivity index (χ0n) is 9.39. The third-order valence-electron chi connectivity index (χ3n) is 3.10. The molecule has 0 aliphatic carbocycles. The number of piperidine rings is 1. The van der Waals surface area contributed by atoms with Gasteiger partial charge in [0.25, 0.3) is 0 Å². The fraction of sp³-hybridized carbons (Fsp3) is 0.583. The van der Waals surface area contributed by atoms with Gasteiger partial charge in [0, 0.05) is 25.6 Å². The van der Waals surface area contributed by atoms with Gasteiger partial charge in [0.05, 0.1) is 0 Å². The number of carbonyl (C=O) groups is 1. The molecule has 0 radical (unpaired) electrons. The molecule has 4 heteroatoms. The lowest BCUT2D eigenvalue weighted by molar-refractivity contribution is -0.132. The van der Waals surface area contributed by atoms with Crippen LogP contribution in [-0.4, -0.2) is 29.9 Å². The number of carbonyl (C=O) groups excluding carboxylic acids is 1. The molecule has 1 fully saturated rings. The quantitative estimate of drug-likeness (QED) is 0.870. The molecule has 0 bridgehead atoms. The highest BCUT2D eigenvalue weighted by molar-refractivity contribution is 7.07. The van der Waals surface area contributed by atoms with Crippen LogP contribution >= 0.6 is 11.3 Å². The molecule has 1 aliphatic rings. The van der Waals surface area contributed by atoms with Crippen LogP contribution in [0.2, 0.25) is 0 Å². The SMILES string of the molecule is NC1CCN(C(=O)CCc2ccsc2)CC1. The zero-order valence-corrected chi connectivity index (χ0v) is 10.2. The zero-order chi connectivity index (χ0) is 11.4. The fourth-order valence-corrected chi connectivity index (χ4v) is 2.70. The Labute approximate surface area is 100 Å². The Morgan fingerprint density at radius 2 is 2.25 bits per heavy atom. The molecule has 88 valence electrons. The van der Waals surface area contributed by atoms with E-state index in [9.17, 15) is 4.79 Å². The van der Waals surface area contributed by atoms with Crippen LogP contribution in [0.3, 0.4) is 0 Å². The van der Waals surface area contributed by atoms with Gasteiger partial charge in [-0.1, -0.05) is 0 Å². The van der Waals surface area contributed by atoms with E-state index in [1.165, 1.54) is 5.56 Å². The maximum atomic E-state index is 11.9. The highest BCUT2D eigenvalue weighted by Crippen LogP contribution is 2.12. The van der Waals surface area contributed by atoms with Crippen molar-refractivity contribution in [2.24, 2.45) is 5.73 Å². The van der Waals surface area contributed by atoms with Gasteiger partial charge in [0.1, 0.15) is 0 Å². The molecule has 0 atom stereocenters. The number of aryl methyl sites for hydroxylation is 1. The Morgan fingerprint density at radius 3 is 2.88 bits per heavy atom. The fourth-order valence-electron chi connectivity index (χ4n) is 1.99. The second kappa shape index (κ2) is 5.46. The average molecular weight is 238 g/mol. The summed E-state index contributed by atoms with van der Waals surface area (Å²) in [6, 6.07) is 2.38. The summed E-state index contributed by atoms with van der Waals surface area (Å²) in [6.07, 6.45) is 3.39. The number of likely N-dealkylation sites (tertiary alicyclic amines) is 1. The second-order valence-corrected chi connectivity index (χ2v) is 5.13. The molecule has 0 spiro atoms. The monoisotopic (exact) mass is 238 g/mol. The van der Waals surface area contributed by atoms with Crippen LogP contribution in [0.5, 0.6) is 0 Å². The topological polar surface area (TPSA) is 46.3 Å². The van der Waals surface area contributed by atoms with Crippen LogP contribution in [-0.2, 0) is 11.2 Å². The van der Waals surface area contributed by atoms with Crippen LogP contribution in [0.25, 0.3) is 0 Å². The van der Waals surface area contributed by atoms with Gasteiger partial charge >= 0.3 is 0 Å². The third-order valence-corrected chi connectivity index (χ3v) is 3.83. The first-order chi connectivity index (χ1) is 7.75. The van der Waals surface area contributed by atoms with Crippen molar-refractivity contribution in [1.82, 2.24) is 4.90 Å². The Morgan fingerprint density at radius 1 is 1.50 bits per heavy atom. The maximum Gasteiger partial charge on any atom is 0.222 e. The van der Waals surface area contributed by atoms with Gasteiger partial charge in [-0.05, 0) is 41.7 Å². The van der Waals surface area contributed by atoms with Crippen molar-refractivity contribution in [2.45, 2.75) is 31.7 Å². The lowest BCUT2D eigenvalue weighted by Gasteiger charge is -2.30. The summed E-state index contributed by atoms with van der Waals surface area (Å²) in [5.41, 5.74) is 7.08. The molecule has 1 aromatic rings. The van der Waals surface area contributed by atoms with E-state index in [0.717, 1.165) is 32.4 Å². The van der Waals surface area contributed by atoms with E-state index in [2.05, 4.69) is 16.8 Å². The molecule has 1 amide bonds. The molecule has 2 rings (SSSR count). The number of hydrogen-bond donors (Lipinski definition) is 1. The minimum atomic E-state index is 0.276. The van der Waals surface area contributed by atoms with Crippen molar-refractivity contribution >= 4 is 17.2 Å². The van der Waals surface area contributed by atoms with Gasteiger partial charge in [-0.25, -0.2) is 0 Å². The number of rotatable bonds is 3. The van der Waals surface area contributed by atoms with E-state index in [1.54, 1.807) is 11.3 Å². The Balaban J connectivity index is 1.75. The Bertz CT molecular complexity index is 329. The molecule has 1 aliphatic heterocycles. The molecule has 1 aromatic heterocycles. The van der Waals surface area contributed by atoms with E-state index < -0.39 is 0 Å². The molecule has 0 saturated carbocycles. The lowest BCUT2D eigenvalue weighted by Crippen LogP contribution is -2.42. The minimum absolute atomic E-state index is 0.276. The smallest absolute Gasteiger partial charge is 0.222 e. The highest BCUT2D eigenvalue weighted by atomic mass is 32.1. The van der Waals surface area contributed by atoms with Crippen molar-refractivity contribution in [2.75, 3.05) is 13.1 Å². The first-order valence-corrected chi connectivity index (χ1v) is 6.74.